The minimum Gasteiger partial charge on any atom is -0.491 e. The second-order valence-corrected chi connectivity index (χ2v) is 7.64. The molecular weight excluding hydrogens is 300 g/mol. The molecule has 0 bridgehead atoms. The molecule has 114 valence electrons. The van der Waals surface area contributed by atoms with Crippen LogP contribution in [0.5, 0.6) is 5.75 Å². The molecule has 1 atom stereocenters. The van der Waals surface area contributed by atoms with Crippen molar-refractivity contribution in [2.45, 2.75) is 44.6 Å². The van der Waals surface area contributed by atoms with Crippen molar-refractivity contribution in [1.29, 1.82) is 0 Å². The number of halogens is 1. The predicted molar refractivity (Wildman–Crippen MR) is 80.3 cm³/mol. The number of benzene rings is 1. The largest absolute Gasteiger partial charge is 0.491 e. The highest BCUT2D eigenvalue weighted by Crippen LogP contribution is 2.33. The van der Waals surface area contributed by atoms with Crippen LogP contribution >= 0.6 is 10.7 Å². The Kier molecular flexibility index (Phi) is 5.86. The van der Waals surface area contributed by atoms with Crippen LogP contribution < -0.4 is 4.74 Å². The maximum absolute atomic E-state index is 11.6. The van der Waals surface area contributed by atoms with Crippen LogP contribution in [0.1, 0.15) is 37.8 Å². The van der Waals surface area contributed by atoms with Crippen molar-refractivity contribution in [2.24, 2.45) is 0 Å². The first-order chi connectivity index (χ1) is 9.16. The van der Waals surface area contributed by atoms with Gasteiger partial charge < -0.3 is 9.47 Å². The average Bonchev–Trinajstić information content (AvgIpc) is 2.33. The second kappa shape index (κ2) is 6.78. The Hall–Kier alpha value is -0.780. The summed E-state index contributed by atoms with van der Waals surface area (Å²) in [5.41, 5.74) is 1.39. The third-order valence-electron chi connectivity index (χ3n) is 3.07. The van der Waals surface area contributed by atoms with Crippen molar-refractivity contribution >= 4 is 19.7 Å². The summed E-state index contributed by atoms with van der Waals surface area (Å²) < 4.78 is 34.0. The molecule has 4 nitrogen and oxygen atoms in total. The van der Waals surface area contributed by atoms with E-state index in [1.54, 1.807) is 26.2 Å². The zero-order valence-electron chi connectivity index (χ0n) is 12.4. The van der Waals surface area contributed by atoms with Gasteiger partial charge in [0.1, 0.15) is 12.4 Å². The highest BCUT2D eigenvalue weighted by Gasteiger charge is 2.19. The van der Waals surface area contributed by atoms with E-state index in [0.717, 1.165) is 5.56 Å². The number of methoxy groups -OCH3 is 1. The Morgan fingerprint density at radius 1 is 1.25 bits per heavy atom. The van der Waals surface area contributed by atoms with Crippen LogP contribution in [0.2, 0.25) is 0 Å². The number of hydrogen-bond donors (Lipinski definition) is 0. The van der Waals surface area contributed by atoms with Crippen LogP contribution in [0.3, 0.4) is 0 Å². The molecule has 0 heterocycles. The SMILES string of the molecule is COC(C)COc1cc(C)c(S(=O)(=O)Cl)cc1C(C)C. The highest BCUT2D eigenvalue weighted by atomic mass is 35.7. The molecule has 0 spiro atoms. The van der Waals surface area contributed by atoms with Gasteiger partial charge in [-0.15, -0.1) is 0 Å². The first kappa shape index (κ1) is 17.3. The van der Waals surface area contributed by atoms with Gasteiger partial charge in [-0.05, 0) is 43.0 Å². The summed E-state index contributed by atoms with van der Waals surface area (Å²) in [7, 11) is 3.32. The number of ether oxygens (including phenoxy) is 2. The monoisotopic (exact) mass is 320 g/mol. The van der Waals surface area contributed by atoms with Gasteiger partial charge in [0.05, 0.1) is 11.0 Å². The molecule has 0 radical (unpaired) electrons. The van der Waals surface area contributed by atoms with E-state index in [-0.39, 0.29) is 16.9 Å². The van der Waals surface area contributed by atoms with Crippen LogP contribution in [-0.4, -0.2) is 28.2 Å². The normalized spacial score (nSPS) is 13.6. The van der Waals surface area contributed by atoms with E-state index in [1.165, 1.54) is 0 Å². The summed E-state index contributed by atoms with van der Waals surface area (Å²) in [6.45, 7) is 7.96. The summed E-state index contributed by atoms with van der Waals surface area (Å²) in [6, 6.07) is 3.31. The van der Waals surface area contributed by atoms with E-state index in [1.807, 2.05) is 20.8 Å². The van der Waals surface area contributed by atoms with Crippen LogP contribution in [0.25, 0.3) is 0 Å². The Bertz CT molecular complexity index is 567. The molecule has 1 rings (SSSR count). The van der Waals surface area contributed by atoms with E-state index in [4.69, 9.17) is 20.2 Å². The van der Waals surface area contributed by atoms with Crippen molar-refractivity contribution in [3.63, 3.8) is 0 Å². The summed E-state index contributed by atoms with van der Waals surface area (Å²) in [6.07, 6.45) is -0.0354. The molecule has 0 aliphatic carbocycles. The van der Waals surface area contributed by atoms with Gasteiger partial charge in [-0.2, -0.15) is 0 Å². The molecule has 0 saturated carbocycles. The third kappa shape index (κ3) is 4.36. The number of hydrogen-bond acceptors (Lipinski definition) is 4. The summed E-state index contributed by atoms with van der Waals surface area (Å²) in [4.78, 5) is 0.134. The second-order valence-electron chi connectivity index (χ2n) is 5.11. The number of rotatable bonds is 6. The molecular formula is C14H21ClO4S. The van der Waals surface area contributed by atoms with Crippen molar-refractivity contribution in [3.05, 3.63) is 23.3 Å². The topological polar surface area (TPSA) is 52.6 Å². The van der Waals surface area contributed by atoms with Gasteiger partial charge in [0.2, 0.25) is 0 Å². The summed E-state index contributed by atoms with van der Waals surface area (Å²) in [5, 5.41) is 0. The lowest BCUT2D eigenvalue weighted by molar-refractivity contribution is 0.0711. The zero-order chi connectivity index (χ0) is 15.5. The molecule has 0 saturated heterocycles. The molecule has 0 amide bonds. The molecule has 0 aromatic heterocycles. The zero-order valence-corrected chi connectivity index (χ0v) is 14.0. The van der Waals surface area contributed by atoms with Crippen molar-refractivity contribution in [3.8, 4) is 5.75 Å². The summed E-state index contributed by atoms with van der Waals surface area (Å²) >= 11 is 0. The Balaban J connectivity index is 3.22. The maximum atomic E-state index is 11.6. The minimum atomic E-state index is -3.75. The number of aryl methyl sites for hydroxylation is 1. The third-order valence-corrected chi connectivity index (χ3v) is 4.53. The van der Waals surface area contributed by atoms with Gasteiger partial charge in [-0.25, -0.2) is 8.42 Å². The molecule has 0 aliphatic rings. The van der Waals surface area contributed by atoms with Crippen molar-refractivity contribution in [1.82, 2.24) is 0 Å². The van der Waals surface area contributed by atoms with Crippen LogP contribution in [0.4, 0.5) is 0 Å². The lowest BCUT2D eigenvalue weighted by Crippen LogP contribution is -2.17. The van der Waals surface area contributed by atoms with Crippen LogP contribution in [0, 0.1) is 6.92 Å². The van der Waals surface area contributed by atoms with Gasteiger partial charge in [0.25, 0.3) is 9.05 Å². The fraction of sp³-hybridized carbons (Fsp3) is 0.571. The molecule has 20 heavy (non-hydrogen) atoms. The predicted octanol–water partition coefficient (Wildman–Crippen LogP) is 3.46. The Morgan fingerprint density at radius 3 is 2.30 bits per heavy atom. The molecule has 1 unspecified atom stereocenters. The van der Waals surface area contributed by atoms with Crippen LogP contribution in [-0.2, 0) is 13.8 Å². The first-order valence-electron chi connectivity index (χ1n) is 6.41. The van der Waals surface area contributed by atoms with E-state index in [0.29, 0.717) is 17.9 Å². The van der Waals surface area contributed by atoms with Gasteiger partial charge in [-0.1, -0.05) is 13.8 Å². The fourth-order valence-corrected chi connectivity index (χ4v) is 3.00. The molecule has 1 aromatic rings. The lowest BCUT2D eigenvalue weighted by Gasteiger charge is -2.18. The minimum absolute atomic E-state index is 0.0354. The molecule has 0 aliphatic heterocycles. The Morgan fingerprint density at radius 2 is 1.85 bits per heavy atom. The van der Waals surface area contributed by atoms with E-state index in [9.17, 15) is 8.42 Å². The smallest absolute Gasteiger partial charge is 0.261 e. The lowest BCUT2D eigenvalue weighted by atomic mass is 10.0. The van der Waals surface area contributed by atoms with Gasteiger partial charge >= 0.3 is 0 Å². The van der Waals surface area contributed by atoms with E-state index < -0.39 is 9.05 Å². The molecule has 6 heteroatoms. The highest BCUT2D eigenvalue weighted by molar-refractivity contribution is 8.13. The molecule has 0 fully saturated rings. The quantitative estimate of drug-likeness (QED) is 0.753. The Labute approximate surface area is 125 Å². The molecule has 1 aromatic carbocycles. The van der Waals surface area contributed by atoms with Crippen LogP contribution in [0.15, 0.2) is 17.0 Å². The van der Waals surface area contributed by atoms with E-state index >= 15 is 0 Å². The standard InChI is InChI=1S/C14H21ClO4S/c1-9(2)12-7-14(20(15,16)17)10(3)6-13(12)19-8-11(4)18-5/h6-7,9,11H,8H2,1-5H3. The maximum Gasteiger partial charge on any atom is 0.261 e. The average molecular weight is 321 g/mol. The van der Waals surface area contributed by atoms with Gasteiger partial charge in [0, 0.05) is 17.8 Å². The fourth-order valence-electron chi connectivity index (χ4n) is 1.79. The van der Waals surface area contributed by atoms with E-state index in [2.05, 4.69) is 0 Å². The summed E-state index contributed by atoms with van der Waals surface area (Å²) in [5.74, 6) is 0.797. The van der Waals surface area contributed by atoms with Gasteiger partial charge in [0.15, 0.2) is 0 Å². The van der Waals surface area contributed by atoms with Crippen molar-refractivity contribution in [2.75, 3.05) is 13.7 Å². The van der Waals surface area contributed by atoms with Crippen molar-refractivity contribution < 1.29 is 17.9 Å². The van der Waals surface area contributed by atoms with Gasteiger partial charge in [-0.3, -0.25) is 0 Å². The first-order valence-corrected chi connectivity index (χ1v) is 8.72. The molecule has 0 N–H and O–H groups in total.